The first-order valence-electron chi connectivity index (χ1n) is 6.76. The molecule has 0 aliphatic heterocycles. The summed E-state index contributed by atoms with van der Waals surface area (Å²) in [4.78, 5) is 4.24. The van der Waals surface area contributed by atoms with Crippen molar-refractivity contribution in [3.8, 4) is 11.5 Å². The molecule has 1 aromatic heterocycles. The Morgan fingerprint density at radius 1 is 1.38 bits per heavy atom. The third-order valence-corrected chi connectivity index (χ3v) is 3.92. The number of nitrogens with one attached hydrogen (secondary N) is 1. The molecule has 0 saturated heterocycles. The van der Waals surface area contributed by atoms with E-state index in [1.807, 2.05) is 30.5 Å². The summed E-state index contributed by atoms with van der Waals surface area (Å²) in [6.07, 6.45) is 1.19. The van der Waals surface area contributed by atoms with Gasteiger partial charge in [-0.25, -0.2) is 4.98 Å². The summed E-state index contributed by atoms with van der Waals surface area (Å²) in [6.45, 7) is 2.70. The maximum absolute atomic E-state index is 9.95. The van der Waals surface area contributed by atoms with Crippen LogP contribution in [0.4, 0.5) is 0 Å². The van der Waals surface area contributed by atoms with Gasteiger partial charge >= 0.3 is 0 Å². The summed E-state index contributed by atoms with van der Waals surface area (Å²) in [5.74, 6) is 1.42. The second kappa shape index (κ2) is 7.97. The summed E-state index contributed by atoms with van der Waals surface area (Å²) in [5, 5.41) is 16.1. The van der Waals surface area contributed by atoms with Gasteiger partial charge in [0.1, 0.15) is 29.2 Å². The minimum absolute atomic E-state index is 0.122. The third kappa shape index (κ3) is 5.00. The molecule has 6 heteroatoms. The van der Waals surface area contributed by atoms with Gasteiger partial charge in [0.05, 0.1) is 13.2 Å². The summed E-state index contributed by atoms with van der Waals surface area (Å²) < 4.78 is 10.7. The Bertz CT molecular complexity index is 533. The summed E-state index contributed by atoms with van der Waals surface area (Å²) >= 11 is 1.60. The van der Waals surface area contributed by atoms with Gasteiger partial charge in [0.2, 0.25) is 0 Å². The van der Waals surface area contributed by atoms with Crippen LogP contribution in [0.15, 0.2) is 35.8 Å². The van der Waals surface area contributed by atoms with Gasteiger partial charge in [-0.15, -0.1) is 11.3 Å². The minimum Gasteiger partial charge on any atom is -0.497 e. The minimum atomic E-state index is -0.585. The third-order valence-electron chi connectivity index (χ3n) is 2.97. The highest BCUT2D eigenvalue weighted by Gasteiger charge is 2.11. The van der Waals surface area contributed by atoms with Crippen LogP contribution in [0.5, 0.6) is 11.5 Å². The molecule has 5 nitrogen and oxygen atoms in total. The van der Waals surface area contributed by atoms with E-state index in [2.05, 4.69) is 10.3 Å². The van der Waals surface area contributed by atoms with E-state index < -0.39 is 6.10 Å². The lowest BCUT2D eigenvalue weighted by Gasteiger charge is -2.16. The van der Waals surface area contributed by atoms with E-state index in [4.69, 9.17) is 9.47 Å². The fourth-order valence-electron chi connectivity index (χ4n) is 1.79. The molecule has 0 fully saturated rings. The van der Waals surface area contributed by atoms with Crippen LogP contribution in [0.1, 0.15) is 18.0 Å². The van der Waals surface area contributed by atoms with Crippen LogP contribution in [0, 0.1) is 0 Å². The number of aromatic nitrogens is 1. The maximum atomic E-state index is 9.95. The quantitative estimate of drug-likeness (QED) is 0.783. The largest absolute Gasteiger partial charge is 0.497 e. The normalized spacial score (nSPS) is 13.7. The van der Waals surface area contributed by atoms with E-state index in [1.54, 1.807) is 30.7 Å². The van der Waals surface area contributed by atoms with Crippen molar-refractivity contribution >= 4 is 11.3 Å². The number of aliphatic hydroxyl groups excluding tert-OH is 1. The SMILES string of the molecule is COc1cccc(OCC(O)CNC(C)c2nccs2)c1. The number of ether oxygens (including phenoxy) is 2. The number of hydrogen-bond donors (Lipinski definition) is 2. The lowest BCUT2D eigenvalue weighted by atomic mass is 10.3. The first kappa shape index (κ1) is 15.8. The first-order valence-corrected chi connectivity index (χ1v) is 7.64. The van der Waals surface area contributed by atoms with Gasteiger partial charge < -0.3 is 19.9 Å². The number of rotatable bonds is 8. The Balaban J connectivity index is 1.73. The Morgan fingerprint density at radius 3 is 2.90 bits per heavy atom. The molecule has 21 heavy (non-hydrogen) atoms. The molecule has 0 radical (unpaired) electrons. The average molecular weight is 308 g/mol. The summed E-state index contributed by atoms with van der Waals surface area (Å²) in [5.41, 5.74) is 0. The molecule has 2 unspecified atom stereocenters. The predicted molar refractivity (Wildman–Crippen MR) is 83.0 cm³/mol. The van der Waals surface area contributed by atoms with E-state index in [0.29, 0.717) is 12.3 Å². The molecule has 0 aliphatic rings. The summed E-state index contributed by atoms with van der Waals surface area (Å²) in [7, 11) is 1.61. The van der Waals surface area contributed by atoms with E-state index >= 15 is 0 Å². The molecule has 2 atom stereocenters. The Labute approximate surface area is 128 Å². The second-order valence-corrected chi connectivity index (χ2v) is 5.57. The molecule has 0 saturated carbocycles. The van der Waals surface area contributed by atoms with E-state index in [0.717, 1.165) is 10.8 Å². The molecule has 114 valence electrons. The molecule has 2 rings (SSSR count). The highest BCUT2D eigenvalue weighted by Crippen LogP contribution is 2.19. The number of hydrogen-bond acceptors (Lipinski definition) is 6. The lowest BCUT2D eigenvalue weighted by molar-refractivity contribution is 0.104. The smallest absolute Gasteiger partial charge is 0.123 e. The molecular weight excluding hydrogens is 288 g/mol. The highest BCUT2D eigenvalue weighted by molar-refractivity contribution is 7.09. The average Bonchev–Trinajstić information content (AvgIpc) is 3.05. The Morgan fingerprint density at radius 2 is 2.19 bits per heavy atom. The van der Waals surface area contributed by atoms with Crippen molar-refractivity contribution in [3.05, 3.63) is 40.8 Å². The van der Waals surface area contributed by atoms with Gasteiger partial charge in [0.15, 0.2) is 0 Å². The lowest BCUT2D eigenvalue weighted by Crippen LogP contribution is -2.33. The zero-order valence-corrected chi connectivity index (χ0v) is 13.0. The van der Waals surface area contributed by atoms with E-state index in [-0.39, 0.29) is 12.6 Å². The molecule has 2 aromatic rings. The van der Waals surface area contributed by atoms with Crippen molar-refractivity contribution in [3.63, 3.8) is 0 Å². The van der Waals surface area contributed by atoms with Crippen LogP contribution in [0.3, 0.4) is 0 Å². The summed E-state index contributed by atoms with van der Waals surface area (Å²) in [6, 6.07) is 7.44. The molecule has 2 N–H and O–H groups in total. The highest BCUT2D eigenvalue weighted by atomic mass is 32.1. The molecule has 0 aliphatic carbocycles. The van der Waals surface area contributed by atoms with Crippen molar-refractivity contribution in [2.24, 2.45) is 0 Å². The Hall–Kier alpha value is -1.63. The first-order chi connectivity index (χ1) is 10.2. The van der Waals surface area contributed by atoms with Crippen molar-refractivity contribution in [2.45, 2.75) is 19.1 Å². The van der Waals surface area contributed by atoms with Gasteiger partial charge in [-0.3, -0.25) is 0 Å². The molecular formula is C15H20N2O3S. The number of thiazole rings is 1. The molecule has 1 aromatic carbocycles. The standard InChI is InChI=1S/C15H20N2O3S/c1-11(15-16-6-7-21-15)17-9-12(18)10-20-14-5-3-4-13(8-14)19-2/h3-8,11-12,17-18H,9-10H2,1-2H3. The Kier molecular flexibility index (Phi) is 5.98. The zero-order valence-electron chi connectivity index (χ0n) is 12.2. The van der Waals surface area contributed by atoms with Crippen LogP contribution in [0.2, 0.25) is 0 Å². The number of aliphatic hydroxyl groups is 1. The molecule has 0 spiro atoms. The van der Waals surface area contributed by atoms with Crippen molar-refractivity contribution in [1.29, 1.82) is 0 Å². The van der Waals surface area contributed by atoms with Gasteiger partial charge in [-0.2, -0.15) is 0 Å². The monoisotopic (exact) mass is 308 g/mol. The second-order valence-electron chi connectivity index (χ2n) is 4.64. The topological polar surface area (TPSA) is 63.6 Å². The molecule has 1 heterocycles. The fraction of sp³-hybridized carbons (Fsp3) is 0.400. The van der Waals surface area contributed by atoms with Crippen LogP contribution < -0.4 is 14.8 Å². The van der Waals surface area contributed by atoms with Crippen molar-refractivity contribution in [2.75, 3.05) is 20.3 Å². The van der Waals surface area contributed by atoms with Crippen LogP contribution >= 0.6 is 11.3 Å². The van der Waals surface area contributed by atoms with Crippen molar-refractivity contribution in [1.82, 2.24) is 10.3 Å². The van der Waals surface area contributed by atoms with Crippen LogP contribution in [-0.4, -0.2) is 36.5 Å². The van der Waals surface area contributed by atoms with E-state index in [9.17, 15) is 5.11 Å². The number of methoxy groups -OCH3 is 1. The number of benzene rings is 1. The van der Waals surface area contributed by atoms with Crippen molar-refractivity contribution < 1.29 is 14.6 Å². The maximum Gasteiger partial charge on any atom is 0.123 e. The predicted octanol–water partition coefficient (Wildman–Crippen LogP) is 2.24. The van der Waals surface area contributed by atoms with E-state index in [1.165, 1.54) is 0 Å². The van der Waals surface area contributed by atoms with Gasteiger partial charge in [0, 0.05) is 24.2 Å². The van der Waals surface area contributed by atoms with Gasteiger partial charge in [-0.1, -0.05) is 6.07 Å². The molecule has 0 amide bonds. The number of nitrogens with zero attached hydrogens (tertiary/aromatic N) is 1. The fourth-order valence-corrected chi connectivity index (χ4v) is 2.46. The van der Waals surface area contributed by atoms with Gasteiger partial charge in [-0.05, 0) is 19.1 Å². The van der Waals surface area contributed by atoms with Crippen LogP contribution in [0.25, 0.3) is 0 Å². The molecule has 0 bridgehead atoms. The van der Waals surface area contributed by atoms with Gasteiger partial charge in [0.25, 0.3) is 0 Å². The van der Waals surface area contributed by atoms with Crippen LogP contribution in [-0.2, 0) is 0 Å². The zero-order chi connectivity index (χ0) is 15.1.